The molecule has 1 atom stereocenters. The van der Waals surface area contributed by atoms with E-state index in [0.29, 0.717) is 6.54 Å². The number of amides is 1. The second-order valence-electron chi connectivity index (χ2n) is 3.83. The molecular weight excluding hydrogens is 234 g/mol. The van der Waals surface area contributed by atoms with Gasteiger partial charge in [0.25, 0.3) is 5.69 Å². The molecule has 0 heterocycles. The Labute approximate surface area is 105 Å². The molecule has 0 saturated heterocycles. The summed E-state index contributed by atoms with van der Waals surface area (Å²) in [5.41, 5.74) is 6.11. The second kappa shape index (κ2) is 6.51. The van der Waals surface area contributed by atoms with E-state index in [4.69, 9.17) is 5.73 Å². The van der Waals surface area contributed by atoms with E-state index in [-0.39, 0.29) is 17.6 Å². The molecule has 0 aromatic heterocycles. The Morgan fingerprint density at radius 3 is 2.61 bits per heavy atom. The van der Waals surface area contributed by atoms with E-state index in [2.05, 4.69) is 5.32 Å². The highest BCUT2D eigenvalue weighted by molar-refractivity contribution is 5.91. The van der Waals surface area contributed by atoms with Crippen LogP contribution in [0.1, 0.15) is 12.5 Å². The van der Waals surface area contributed by atoms with Crippen molar-refractivity contribution in [1.82, 2.24) is 5.32 Å². The number of nitrogens with zero attached hydrogens (tertiary/aromatic N) is 1. The first kappa shape index (κ1) is 13.9. The lowest BCUT2D eigenvalue weighted by molar-refractivity contribution is -0.384. The highest BCUT2D eigenvalue weighted by Crippen LogP contribution is 2.12. The van der Waals surface area contributed by atoms with Gasteiger partial charge in [0.15, 0.2) is 0 Å². The minimum Gasteiger partial charge on any atom is -0.349 e. The van der Waals surface area contributed by atoms with Gasteiger partial charge in [-0.3, -0.25) is 14.9 Å². The maximum Gasteiger partial charge on any atom is 0.269 e. The number of nitrogens with one attached hydrogen (secondary N) is 1. The Bertz CT molecular complexity index is 454. The lowest BCUT2D eigenvalue weighted by Gasteiger charge is -2.08. The van der Waals surface area contributed by atoms with E-state index >= 15 is 0 Å². The number of carbonyl (C=O) groups excluding carboxylic acids is 1. The van der Waals surface area contributed by atoms with Crippen LogP contribution in [-0.2, 0) is 4.79 Å². The maximum absolute atomic E-state index is 11.4. The summed E-state index contributed by atoms with van der Waals surface area (Å²) in [4.78, 5) is 21.4. The van der Waals surface area contributed by atoms with Crippen molar-refractivity contribution in [1.29, 1.82) is 0 Å². The fourth-order valence-electron chi connectivity index (χ4n) is 1.23. The van der Waals surface area contributed by atoms with Crippen LogP contribution in [0.25, 0.3) is 6.08 Å². The normalized spacial score (nSPS) is 12.3. The third-order valence-electron chi connectivity index (χ3n) is 2.27. The third kappa shape index (κ3) is 4.34. The summed E-state index contributed by atoms with van der Waals surface area (Å²) >= 11 is 0. The molecule has 0 bridgehead atoms. The van der Waals surface area contributed by atoms with Gasteiger partial charge in [0.05, 0.1) is 4.92 Å². The predicted molar refractivity (Wildman–Crippen MR) is 68.8 cm³/mol. The van der Waals surface area contributed by atoms with E-state index in [9.17, 15) is 14.9 Å². The first-order chi connectivity index (χ1) is 8.52. The van der Waals surface area contributed by atoms with Gasteiger partial charge < -0.3 is 11.1 Å². The summed E-state index contributed by atoms with van der Waals surface area (Å²) in [5.74, 6) is -0.244. The molecule has 0 radical (unpaired) electrons. The molecule has 96 valence electrons. The Balaban J connectivity index is 2.61. The van der Waals surface area contributed by atoms with Gasteiger partial charge in [0.1, 0.15) is 0 Å². The summed E-state index contributed by atoms with van der Waals surface area (Å²) in [6.45, 7) is 2.18. The number of nitro groups is 1. The number of rotatable bonds is 5. The first-order valence-corrected chi connectivity index (χ1v) is 5.46. The lowest BCUT2D eigenvalue weighted by atomic mass is 10.2. The summed E-state index contributed by atoms with van der Waals surface area (Å²) in [6.07, 6.45) is 2.95. The molecule has 6 nitrogen and oxygen atoms in total. The van der Waals surface area contributed by atoms with Gasteiger partial charge in [-0.25, -0.2) is 0 Å². The summed E-state index contributed by atoms with van der Waals surface area (Å²) in [5, 5.41) is 13.1. The molecule has 1 unspecified atom stereocenters. The fraction of sp³-hybridized carbons (Fsp3) is 0.250. The van der Waals surface area contributed by atoms with Crippen molar-refractivity contribution in [2.45, 2.75) is 13.0 Å². The molecule has 0 aliphatic carbocycles. The minimum atomic E-state index is -0.469. The number of non-ortho nitro benzene ring substituents is 1. The second-order valence-corrected chi connectivity index (χ2v) is 3.83. The largest absolute Gasteiger partial charge is 0.349 e. The van der Waals surface area contributed by atoms with Crippen LogP contribution in [-0.4, -0.2) is 23.4 Å². The number of hydrogen-bond acceptors (Lipinski definition) is 4. The molecule has 18 heavy (non-hydrogen) atoms. The summed E-state index contributed by atoms with van der Waals surface area (Å²) in [7, 11) is 0. The van der Waals surface area contributed by atoms with Gasteiger partial charge >= 0.3 is 0 Å². The van der Waals surface area contributed by atoms with E-state index in [1.165, 1.54) is 18.2 Å². The Hall–Kier alpha value is -2.21. The average molecular weight is 249 g/mol. The zero-order chi connectivity index (χ0) is 13.5. The van der Waals surface area contributed by atoms with Crippen molar-refractivity contribution < 1.29 is 9.72 Å². The molecule has 1 amide bonds. The van der Waals surface area contributed by atoms with Gasteiger partial charge in [0.2, 0.25) is 5.91 Å². The van der Waals surface area contributed by atoms with Crippen LogP contribution in [0, 0.1) is 10.1 Å². The van der Waals surface area contributed by atoms with Crippen LogP contribution >= 0.6 is 0 Å². The zero-order valence-electron chi connectivity index (χ0n) is 10.00. The molecule has 0 saturated carbocycles. The molecule has 0 aliphatic rings. The van der Waals surface area contributed by atoms with Crippen molar-refractivity contribution in [3.8, 4) is 0 Å². The molecule has 6 heteroatoms. The highest BCUT2D eigenvalue weighted by Gasteiger charge is 2.03. The van der Waals surface area contributed by atoms with Gasteiger partial charge in [-0.2, -0.15) is 0 Å². The number of nitrogens with two attached hydrogens (primary N) is 1. The van der Waals surface area contributed by atoms with E-state index in [1.807, 2.05) is 0 Å². The Morgan fingerprint density at radius 2 is 2.11 bits per heavy atom. The van der Waals surface area contributed by atoms with Gasteiger partial charge in [-0.05, 0) is 30.7 Å². The van der Waals surface area contributed by atoms with Crippen molar-refractivity contribution >= 4 is 17.7 Å². The van der Waals surface area contributed by atoms with Crippen LogP contribution in [0.2, 0.25) is 0 Å². The smallest absolute Gasteiger partial charge is 0.269 e. The molecule has 0 fully saturated rings. The molecule has 3 N–H and O–H groups in total. The van der Waals surface area contributed by atoms with Crippen LogP contribution in [0.15, 0.2) is 30.3 Å². The Morgan fingerprint density at radius 1 is 1.50 bits per heavy atom. The fourth-order valence-corrected chi connectivity index (χ4v) is 1.23. The minimum absolute atomic E-state index is 0.0216. The molecule has 1 aromatic carbocycles. The number of benzene rings is 1. The quantitative estimate of drug-likeness (QED) is 0.463. The molecule has 1 aromatic rings. The van der Waals surface area contributed by atoms with Crippen LogP contribution in [0.4, 0.5) is 5.69 Å². The Kier molecular flexibility index (Phi) is 5.01. The zero-order valence-corrected chi connectivity index (χ0v) is 10.00. The monoisotopic (exact) mass is 249 g/mol. The third-order valence-corrected chi connectivity index (χ3v) is 2.27. The van der Waals surface area contributed by atoms with Gasteiger partial charge in [0, 0.05) is 30.8 Å². The number of carbonyl (C=O) groups is 1. The topological polar surface area (TPSA) is 98.3 Å². The number of hydrogen-bond donors (Lipinski definition) is 2. The van der Waals surface area contributed by atoms with Crippen molar-refractivity contribution in [3.63, 3.8) is 0 Å². The standard InChI is InChI=1S/C12H15N3O3/c1-9(8-13)14-12(16)7-4-10-2-5-11(6-3-10)15(17)18/h2-7,9H,8,13H2,1H3,(H,14,16). The average Bonchev–Trinajstić information content (AvgIpc) is 2.36. The SMILES string of the molecule is CC(CN)NC(=O)C=Cc1ccc([N+](=O)[O-])cc1. The van der Waals surface area contributed by atoms with Crippen molar-refractivity contribution in [2.75, 3.05) is 6.54 Å². The highest BCUT2D eigenvalue weighted by atomic mass is 16.6. The number of nitro benzene ring substituents is 1. The van der Waals surface area contributed by atoms with Crippen molar-refractivity contribution in [3.05, 3.63) is 46.0 Å². The molecule has 0 aliphatic heterocycles. The van der Waals surface area contributed by atoms with Crippen LogP contribution < -0.4 is 11.1 Å². The van der Waals surface area contributed by atoms with E-state index < -0.39 is 4.92 Å². The predicted octanol–water partition coefficient (Wildman–Crippen LogP) is 1.07. The maximum atomic E-state index is 11.4. The molecular formula is C12H15N3O3. The first-order valence-electron chi connectivity index (χ1n) is 5.46. The molecule has 0 spiro atoms. The van der Waals surface area contributed by atoms with Crippen LogP contribution in [0.3, 0.4) is 0 Å². The van der Waals surface area contributed by atoms with E-state index in [1.54, 1.807) is 25.1 Å². The van der Waals surface area contributed by atoms with Crippen molar-refractivity contribution in [2.24, 2.45) is 5.73 Å². The van der Waals surface area contributed by atoms with Gasteiger partial charge in [-0.15, -0.1) is 0 Å². The summed E-state index contributed by atoms with van der Waals surface area (Å²) < 4.78 is 0. The van der Waals surface area contributed by atoms with Gasteiger partial charge in [-0.1, -0.05) is 0 Å². The lowest BCUT2D eigenvalue weighted by Crippen LogP contribution is -2.36. The van der Waals surface area contributed by atoms with Crippen LogP contribution in [0.5, 0.6) is 0 Å². The summed E-state index contributed by atoms with van der Waals surface area (Å²) in [6, 6.07) is 5.85. The van der Waals surface area contributed by atoms with E-state index in [0.717, 1.165) is 5.56 Å². The molecule has 1 rings (SSSR count).